The molecule has 2 heterocycles. The molecule has 0 atom stereocenters. The molecule has 2 nitrogen and oxygen atoms in total. The van der Waals surface area contributed by atoms with Crippen LogP contribution in [0, 0.1) is 20.8 Å². The summed E-state index contributed by atoms with van der Waals surface area (Å²) in [5.41, 5.74) is 5.65. The van der Waals surface area contributed by atoms with E-state index < -0.39 is 0 Å². The van der Waals surface area contributed by atoms with Gasteiger partial charge in [-0.15, -0.1) is 0 Å². The summed E-state index contributed by atoms with van der Waals surface area (Å²) in [7, 11) is 2.03. The van der Waals surface area contributed by atoms with E-state index >= 15 is 0 Å². The van der Waals surface area contributed by atoms with E-state index in [0.29, 0.717) is 6.04 Å². The molecule has 20 heavy (non-hydrogen) atoms. The van der Waals surface area contributed by atoms with Crippen molar-refractivity contribution in [2.45, 2.75) is 20.8 Å². The van der Waals surface area contributed by atoms with Crippen LogP contribution in [-0.4, -0.2) is 4.98 Å². The van der Waals surface area contributed by atoms with E-state index in [9.17, 15) is 0 Å². The summed E-state index contributed by atoms with van der Waals surface area (Å²) >= 11 is 0. The summed E-state index contributed by atoms with van der Waals surface area (Å²) in [4.78, 5) is 4.19. The highest BCUT2D eigenvalue weighted by Gasteiger charge is 2.19. The third-order valence-electron chi connectivity index (χ3n) is 3.86. The molecular weight excluding hydrogens is 244 g/mol. The van der Waals surface area contributed by atoms with Gasteiger partial charge in [0.2, 0.25) is 5.69 Å². The fourth-order valence-corrected chi connectivity index (χ4v) is 2.65. The highest BCUT2D eigenvalue weighted by Crippen LogP contribution is 2.28. The van der Waals surface area contributed by atoms with Gasteiger partial charge in [0, 0.05) is 25.4 Å². The molecule has 1 aromatic carbocycles. The first-order valence-electron chi connectivity index (χ1n) is 7.31. The van der Waals surface area contributed by atoms with Crippen LogP contribution in [0.4, 0.5) is 0 Å². The Hall–Kier alpha value is -2.22. The molecule has 3 rings (SSSR count). The molecule has 0 aliphatic rings. The van der Waals surface area contributed by atoms with Gasteiger partial charge in [0.15, 0.2) is 5.69 Å². The molecule has 100 valence electrons. The third-order valence-corrected chi connectivity index (χ3v) is 3.86. The van der Waals surface area contributed by atoms with E-state index in [1.807, 2.05) is 26.4 Å². The van der Waals surface area contributed by atoms with Gasteiger partial charge in [0.1, 0.15) is 7.05 Å². The maximum absolute atomic E-state index is 8.38. The molecule has 0 saturated carbocycles. The van der Waals surface area contributed by atoms with Crippen LogP contribution < -0.4 is 4.57 Å². The van der Waals surface area contributed by atoms with E-state index in [-0.39, 0.29) is 0 Å². The van der Waals surface area contributed by atoms with Gasteiger partial charge in [0.25, 0.3) is 0 Å². The Balaban J connectivity index is 2.52. The minimum absolute atomic E-state index is 0.600. The molecule has 0 amide bonds. The van der Waals surface area contributed by atoms with Gasteiger partial charge >= 0.3 is 0 Å². The Kier molecular flexibility index (Phi) is 2.73. The molecule has 2 aromatic heterocycles. The van der Waals surface area contributed by atoms with Crippen LogP contribution in [-0.2, 0) is 7.05 Å². The maximum Gasteiger partial charge on any atom is 0.220 e. The fourth-order valence-electron chi connectivity index (χ4n) is 2.65. The van der Waals surface area contributed by atoms with E-state index in [4.69, 9.17) is 1.37 Å². The Morgan fingerprint density at radius 1 is 1.15 bits per heavy atom. The predicted molar refractivity (Wildman–Crippen MR) is 82.6 cm³/mol. The summed E-state index contributed by atoms with van der Waals surface area (Å²) < 4.78 is 10.5. The van der Waals surface area contributed by atoms with E-state index in [0.717, 1.165) is 27.7 Å². The van der Waals surface area contributed by atoms with Gasteiger partial charge in [-0.3, -0.25) is 4.98 Å². The van der Waals surface area contributed by atoms with Crippen LogP contribution >= 0.6 is 0 Å². The molecule has 0 bridgehead atoms. The van der Waals surface area contributed by atoms with Crippen molar-refractivity contribution in [1.29, 1.82) is 0 Å². The van der Waals surface area contributed by atoms with Crippen LogP contribution in [0.2, 0.25) is 0 Å². The first-order chi connectivity index (χ1) is 10.0. The summed E-state index contributed by atoms with van der Waals surface area (Å²) in [5, 5.41) is 2.13. The van der Waals surface area contributed by atoms with Crippen molar-refractivity contribution < 1.29 is 5.94 Å². The number of nitrogens with zero attached hydrogens (tertiary/aromatic N) is 2. The SMILES string of the molecule is [2H]c1c(C)[n+](C)c(-c2ccncc2C)c2cc(C)ccc12. The summed E-state index contributed by atoms with van der Waals surface area (Å²) in [6, 6.07) is 8.95. The van der Waals surface area contributed by atoms with Crippen molar-refractivity contribution in [3.8, 4) is 11.3 Å². The van der Waals surface area contributed by atoms with Gasteiger partial charge in [-0.2, -0.15) is 4.57 Å². The highest BCUT2D eigenvalue weighted by molar-refractivity contribution is 5.94. The fraction of sp³-hybridized carbons (Fsp3) is 0.222. The molecule has 0 unspecified atom stereocenters. The van der Waals surface area contributed by atoms with Crippen molar-refractivity contribution >= 4 is 10.8 Å². The van der Waals surface area contributed by atoms with Gasteiger partial charge in [0.05, 0.1) is 12.3 Å². The molecule has 3 aromatic rings. The lowest BCUT2D eigenvalue weighted by atomic mass is 9.99. The first kappa shape index (κ1) is 11.6. The number of pyridine rings is 2. The van der Waals surface area contributed by atoms with Gasteiger partial charge in [-0.05, 0) is 36.9 Å². The van der Waals surface area contributed by atoms with E-state index in [1.54, 1.807) is 0 Å². The zero-order chi connectivity index (χ0) is 15.1. The molecule has 2 heteroatoms. The second-order valence-corrected chi connectivity index (χ2v) is 5.36. The summed E-state index contributed by atoms with van der Waals surface area (Å²) in [6.45, 7) is 6.17. The first-order valence-corrected chi connectivity index (χ1v) is 6.81. The van der Waals surface area contributed by atoms with Gasteiger partial charge < -0.3 is 0 Å². The van der Waals surface area contributed by atoms with E-state index in [2.05, 4.69) is 47.7 Å². The number of aryl methyl sites for hydroxylation is 2. The van der Waals surface area contributed by atoms with Crippen LogP contribution in [0.15, 0.2) is 42.7 Å². The lowest BCUT2D eigenvalue weighted by Crippen LogP contribution is -2.35. The topological polar surface area (TPSA) is 16.8 Å². The van der Waals surface area contributed by atoms with Crippen LogP contribution in [0.5, 0.6) is 0 Å². The Morgan fingerprint density at radius 2 is 1.95 bits per heavy atom. The van der Waals surface area contributed by atoms with Crippen LogP contribution in [0.25, 0.3) is 22.0 Å². The summed E-state index contributed by atoms with van der Waals surface area (Å²) in [6.07, 6.45) is 3.72. The highest BCUT2D eigenvalue weighted by atomic mass is 14.9. The Bertz CT molecular complexity index is 853. The van der Waals surface area contributed by atoms with Crippen LogP contribution in [0.1, 0.15) is 18.2 Å². The molecule has 0 aliphatic heterocycles. The van der Waals surface area contributed by atoms with Gasteiger partial charge in [-0.25, -0.2) is 0 Å². The Morgan fingerprint density at radius 3 is 2.70 bits per heavy atom. The molecule has 0 saturated heterocycles. The summed E-state index contributed by atoms with van der Waals surface area (Å²) in [5.74, 6) is 0. The number of hydrogen-bond acceptors (Lipinski definition) is 1. The van der Waals surface area contributed by atoms with Crippen molar-refractivity contribution in [3.05, 3.63) is 59.5 Å². The zero-order valence-corrected chi connectivity index (χ0v) is 12.4. The maximum atomic E-state index is 8.38. The van der Waals surface area contributed by atoms with Crippen molar-refractivity contribution in [2.75, 3.05) is 0 Å². The van der Waals surface area contributed by atoms with Gasteiger partial charge in [-0.1, -0.05) is 17.7 Å². The number of rotatable bonds is 1. The second-order valence-electron chi connectivity index (χ2n) is 5.36. The molecule has 0 aliphatic carbocycles. The number of hydrogen-bond donors (Lipinski definition) is 0. The molecular formula is C18H19N2+. The van der Waals surface area contributed by atoms with Crippen molar-refractivity contribution in [1.82, 2.24) is 4.98 Å². The monoisotopic (exact) mass is 264 g/mol. The smallest absolute Gasteiger partial charge is 0.220 e. The zero-order valence-electron chi connectivity index (χ0n) is 13.4. The molecule has 0 spiro atoms. The average molecular weight is 264 g/mol. The van der Waals surface area contributed by atoms with Crippen LogP contribution in [0.3, 0.4) is 0 Å². The quantitative estimate of drug-likeness (QED) is 0.613. The number of aromatic nitrogens is 2. The second kappa shape index (κ2) is 4.71. The third kappa shape index (κ3) is 1.97. The van der Waals surface area contributed by atoms with Crippen molar-refractivity contribution in [3.63, 3.8) is 0 Å². The average Bonchev–Trinajstić information content (AvgIpc) is 2.47. The number of benzene rings is 1. The van der Waals surface area contributed by atoms with Crippen molar-refractivity contribution in [2.24, 2.45) is 7.05 Å². The minimum atomic E-state index is 0.600. The molecule has 0 N–H and O–H groups in total. The normalized spacial score (nSPS) is 11.7. The molecule has 0 fully saturated rings. The van der Waals surface area contributed by atoms with E-state index in [1.165, 1.54) is 11.1 Å². The largest absolute Gasteiger partial charge is 0.264 e. The minimum Gasteiger partial charge on any atom is -0.264 e. The standard InChI is InChI=1S/C18H19N2/c1-12-5-6-15-10-14(3)20(4)18(17(15)9-12)16-7-8-19-11-13(16)2/h5-11H,1-4H3/q+1/i10D. The Labute approximate surface area is 121 Å². The number of fused-ring (bicyclic) bond motifs is 1. The lowest BCUT2D eigenvalue weighted by Gasteiger charge is -2.10. The lowest BCUT2D eigenvalue weighted by molar-refractivity contribution is -0.665. The predicted octanol–water partition coefficient (Wildman–Crippen LogP) is 3.65. The molecule has 0 radical (unpaired) electrons.